The molecule has 2 N–H and O–H groups in total. The topological polar surface area (TPSA) is 29.3 Å². The highest BCUT2D eigenvalue weighted by molar-refractivity contribution is 7.80. The van der Waals surface area contributed by atoms with E-state index in [1.165, 1.54) is 19.3 Å². The molecule has 1 aliphatic rings. The van der Waals surface area contributed by atoms with E-state index in [-0.39, 0.29) is 0 Å². The Kier molecular flexibility index (Phi) is 4.46. The lowest BCUT2D eigenvalue weighted by atomic mass is 10.0. The summed E-state index contributed by atoms with van der Waals surface area (Å²) in [6, 6.07) is 5.88. The molecule has 0 amide bonds. The summed E-state index contributed by atoms with van der Waals surface area (Å²) in [6.45, 7) is 4.40. The second kappa shape index (κ2) is 5.89. The van der Waals surface area contributed by atoms with Gasteiger partial charge in [0, 0.05) is 18.8 Å². The van der Waals surface area contributed by atoms with Crippen molar-refractivity contribution in [1.29, 1.82) is 0 Å². The van der Waals surface area contributed by atoms with E-state index < -0.39 is 0 Å². The Labute approximate surface area is 119 Å². The molecule has 1 aromatic carbocycles. The highest BCUT2D eigenvalue weighted by Crippen LogP contribution is 2.32. The summed E-state index contributed by atoms with van der Waals surface area (Å²) in [6.07, 6.45) is 3.78. The zero-order valence-corrected chi connectivity index (χ0v) is 12.2. The van der Waals surface area contributed by atoms with E-state index in [9.17, 15) is 0 Å². The van der Waals surface area contributed by atoms with Crippen molar-refractivity contribution in [1.82, 2.24) is 0 Å². The monoisotopic (exact) mass is 282 g/mol. The van der Waals surface area contributed by atoms with Crippen LogP contribution >= 0.6 is 23.8 Å². The molecule has 1 saturated heterocycles. The lowest BCUT2D eigenvalue weighted by Crippen LogP contribution is -2.24. The van der Waals surface area contributed by atoms with Crippen molar-refractivity contribution < 1.29 is 0 Å². The van der Waals surface area contributed by atoms with Crippen LogP contribution in [0.25, 0.3) is 0 Å². The molecule has 2 rings (SSSR count). The summed E-state index contributed by atoms with van der Waals surface area (Å²) in [5, 5.41) is 0.652. The van der Waals surface area contributed by atoms with Crippen molar-refractivity contribution in [2.75, 3.05) is 18.0 Å². The minimum Gasteiger partial charge on any atom is -0.389 e. The summed E-state index contributed by atoms with van der Waals surface area (Å²) >= 11 is 11.3. The second-order valence-electron chi connectivity index (χ2n) is 4.89. The molecule has 4 heteroatoms. The Morgan fingerprint density at radius 2 is 2.33 bits per heavy atom. The number of hydrogen-bond acceptors (Lipinski definition) is 2. The molecule has 0 aliphatic carbocycles. The predicted molar refractivity (Wildman–Crippen MR) is 82.6 cm³/mol. The van der Waals surface area contributed by atoms with Crippen molar-refractivity contribution >= 4 is 34.5 Å². The van der Waals surface area contributed by atoms with Crippen LogP contribution in [0.3, 0.4) is 0 Å². The Morgan fingerprint density at radius 1 is 1.56 bits per heavy atom. The van der Waals surface area contributed by atoms with Crippen LogP contribution in [-0.4, -0.2) is 18.1 Å². The molecule has 1 unspecified atom stereocenters. The van der Waals surface area contributed by atoms with Gasteiger partial charge in [-0.25, -0.2) is 0 Å². The van der Waals surface area contributed by atoms with E-state index in [4.69, 9.17) is 29.6 Å². The van der Waals surface area contributed by atoms with Gasteiger partial charge >= 0.3 is 0 Å². The van der Waals surface area contributed by atoms with Gasteiger partial charge in [0.1, 0.15) is 4.99 Å². The summed E-state index contributed by atoms with van der Waals surface area (Å²) in [4.78, 5) is 2.75. The maximum atomic E-state index is 6.21. The van der Waals surface area contributed by atoms with Crippen molar-refractivity contribution in [3.05, 3.63) is 28.8 Å². The van der Waals surface area contributed by atoms with Crippen LogP contribution in [0.4, 0.5) is 5.69 Å². The molecule has 1 aromatic rings. The molecular weight excluding hydrogens is 264 g/mol. The number of rotatable bonds is 4. The third-order valence-corrected chi connectivity index (χ3v) is 4.08. The first-order chi connectivity index (χ1) is 8.63. The van der Waals surface area contributed by atoms with E-state index in [0.717, 1.165) is 30.3 Å². The van der Waals surface area contributed by atoms with Crippen LogP contribution < -0.4 is 10.6 Å². The predicted octanol–water partition coefficient (Wildman–Crippen LogP) is 3.60. The first-order valence-corrected chi connectivity index (χ1v) is 7.25. The summed E-state index contributed by atoms with van der Waals surface area (Å²) in [5.41, 5.74) is 7.71. The van der Waals surface area contributed by atoms with Crippen LogP contribution in [0, 0.1) is 5.92 Å². The van der Waals surface area contributed by atoms with Gasteiger partial charge in [-0.15, -0.1) is 0 Å². The van der Waals surface area contributed by atoms with E-state index in [1.807, 2.05) is 12.1 Å². The van der Waals surface area contributed by atoms with Gasteiger partial charge in [-0.3, -0.25) is 0 Å². The first-order valence-electron chi connectivity index (χ1n) is 6.46. The fourth-order valence-electron chi connectivity index (χ4n) is 2.72. The van der Waals surface area contributed by atoms with Crippen LogP contribution in [0.5, 0.6) is 0 Å². The Bertz CT molecular complexity index is 447. The number of halogens is 1. The lowest BCUT2D eigenvalue weighted by molar-refractivity contribution is 0.530. The molecule has 0 bridgehead atoms. The quantitative estimate of drug-likeness (QED) is 0.856. The number of nitrogens with two attached hydrogens (primary N) is 1. The Balaban J connectivity index is 2.24. The molecule has 2 nitrogen and oxygen atoms in total. The summed E-state index contributed by atoms with van der Waals surface area (Å²) < 4.78 is 0. The van der Waals surface area contributed by atoms with E-state index in [0.29, 0.717) is 10.0 Å². The highest BCUT2D eigenvalue weighted by Gasteiger charge is 2.24. The minimum atomic E-state index is 0.384. The lowest BCUT2D eigenvalue weighted by Gasteiger charge is -2.22. The smallest absolute Gasteiger partial charge is 0.107 e. The van der Waals surface area contributed by atoms with E-state index >= 15 is 0 Å². The molecule has 0 aromatic heterocycles. The van der Waals surface area contributed by atoms with Crippen molar-refractivity contribution in [2.45, 2.75) is 26.2 Å². The molecule has 98 valence electrons. The maximum Gasteiger partial charge on any atom is 0.107 e. The van der Waals surface area contributed by atoms with Crippen molar-refractivity contribution in [2.24, 2.45) is 11.7 Å². The molecule has 0 saturated carbocycles. The van der Waals surface area contributed by atoms with Gasteiger partial charge in [-0.1, -0.05) is 43.2 Å². The maximum absolute atomic E-state index is 6.21. The minimum absolute atomic E-state index is 0.384. The van der Waals surface area contributed by atoms with Gasteiger partial charge in [0.05, 0.1) is 10.6 Å². The van der Waals surface area contributed by atoms with Crippen LogP contribution in [0.1, 0.15) is 31.7 Å². The zero-order chi connectivity index (χ0) is 13.1. The van der Waals surface area contributed by atoms with Gasteiger partial charge in [0.2, 0.25) is 0 Å². The van der Waals surface area contributed by atoms with Crippen LogP contribution in [-0.2, 0) is 0 Å². The number of hydrogen-bond donors (Lipinski definition) is 1. The normalized spacial score (nSPS) is 19.2. The van der Waals surface area contributed by atoms with E-state index in [2.05, 4.69) is 17.9 Å². The average molecular weight is 283 g/mol. The standard InChI is InChI=1S/C14H19ClN2S/c1-2-4-10-7-8-17(9-10)12-6-3-5-11(15)13(12)14(16)18/h3,5-6,10H,2,4,7-9H2,1H3,(H2,16,18). The second-order valence-corrected chi connectivity index (χ2v) is 5.73. The largest absolute Gasteiger partial charge is 0.389 e. The average Bonchev–Trinajstić information content (AvgIpc) is 2.77. The number of thiocarbonyl (C=S) groups is 1. The van der Waals surface area contributed by atoms with Gasteiger partial charge in [0.25, 0.3) is 0 Å². The van der Waals surface area contributed by atoms with Crippen LogP contribution in [0.2, 0.25) is 5.02 Å². The van der Waals surface area contributed by atoms with Gasteiger partial charge in [0.15, 0.2) is 0 Å². The van der Waals surface area contributed by atoms with E-state index in [1.54, 1.807) is 0 Å². The third-order valence-electron chi connectivity index (χ3n) is 3.56. The SMILES string of the molecule is CCCC1CCN(c2cccc(Cl)c2C(N)=S)C1. The number of benzene rings is 1. The summed E-state index contributed by atoms with van der Waals surface area (Å²) in [7, 11) is 0. The Morgan fingerprint density at radius 3 is 3.00 bits per heavy atom. The molecule has 1 atom stereocenters. The molecule has 1 aliphatic heterocycles. The fraction of sp³-hybridized carbons (Fsp3) is 0.500. The van der Waals surface area contributed by atoms with Gasteiger partial charge < -0.3 is 10.6 Å². The van der Waals surface area contributed by atoms with Crippen molar-refractivity contribution in [3.63, 3.8) is 0 Å². The molecular formula is C14H19ClN2S. The molecule has 0 spiro atoms. The van der Waals surface area contributed by atoms with Crippen LogP contribution in [0.15, 0.2) is 18.2 Å². The number of nitrogens with zero attached hydrogens (tertiary/aromatic N) is 1. The highest BCUT2D eigenvalue weighted by atomic mass is 35.5. The van der Waals surface area contributed by atoms with Gasteiger partial charge in [-0.2, -0.15) is 0 Å². The molecule has 0 radical (unpaired) electrons. The molecule has 18 heavy (non-hydrogen) atoms. The number of anilines is 1. The van der Waals surface area contributed by atoms with Crippen molar-refractivity contribution in [3.8, 4) is 0 Å². The zero-order valence-electron chi connectivity index (χ0n) is 10.7. The third kappa shape index (κ3) is 2.78. The van der Waals surface area contributed by atoms with Gasteiger partial charge in [-0.05, 0) is 30.9 Å². The molecule has 1 fully saturated rings. The Hall–Kier alpha value is -0.800. The fourth-order valence-corrected chi connectivity index (χ4v) is 3.26. The first kappa shape index (κ1) is 13.6. The summed E-state index contributed by atoms with van der Waals surface area (Å²) in [5.74, 6) is 0.785. The molecule has 1 heterocycles.